The van der Waals surface area contributed by atoms with Gasteiger partial charge < -0.3 is 21.1 Å². The van der Waals surface area contributed by atoms with Crippen LogP contribution in [-0.2, 0) is 0 Å². The second-order valence-corrected chi connectivity index (χ2v) is 11.3. The third kappa shape index (κ3) is 4.66. The van der Waals surface area contributed by atoms with Crippen molar-refractivity contribution in [1.29, 1.82) is 0 Å². The van der Waals surface area contributed by atoms with Crippen LogP contribution in [0.3, 0.4) is 0 Å². The van der Waals surface area contributed by atoms with Crippen molar-refractivity contribution in [1.82, 2.24) is 20.5 Å². The fourth-order valence-electron chi connectivity index (χ4n) is 6.75. The Labute approximate surface area is 214 Å². The molecule has 6 rings (SSSR count). The van der Waals surface area contributed by atoms with Crippen LogP contribution in [-0.4, -0.2) is 52.8 Å². The van der Waals surface area contributed by atoms with Crippen LogP contribution in [0.5, 0.6) is 5.75 Å². The topological polar surface area (TPSA) is 75.4 Å². The average molecular weight is 494 g/mol. The molecule has 188 valence electrons. The summed E-state index contributed by atoms with van der Waals surface area (Å²) < 4.78 is 5.58. The fourth-order valence-corrected chi connectivity index (χ4v) is 7.02. The number of nitrogens with zero attached hydrogens (tertiary/aromatic N) is 2. The molecule has 0 amide bonds. The maximum Gasteiger partial charge on any atom is 0.167 e. The molecule has 1 aliphatic carbocycles. The highest BCUT2D eigenvalue weighted by Crippen LogP contribution is 2.49. The molecule has 3 aliphatic heterocycles. The average Bonchev–Trinajstić information content (AvgIpc) is 2.88. The van der Waals surface area contributed by atoms with Gasteiger partial charge in [0.25, 0.3) is 0 Å². The van der Waals surface area contributed by atoms with Crippen LogP contribution in [0.4, 0.5) is 0 Å². The van der Waals surface area contributed by atoms with Crippen molar-refractivity contribution in [3.05, 3.63) is 48.7 Å². The van der Waals surface area contributed by atoms with Gasteiger partial charge in [-0.1, -0.05) is 18.9 Å². The molecular weight excluding hydrogens is 454 g/mol. The lowest BCUT2D eigenvalue weighted by atomic mass is 9.66. The van der Waals surface area contributed by atoms with Gasteiger partial charge in [-0.05, 0) is 93.0 Å². The van der Waals surface area contributed by atoms with E-state index in [1.165, 1.54) is 24.8 Å². The number of benzene rings is 1. The van der Waals surface area contributed by atoms with Gasteiger partial charge in [0.2, 0.25) is 0 Å². The van der Waals surface area contributed by atoms with Crippen LogP contribution < -0.4 is 21.1 Å². The Morgan fingerprint density at radius 3 is 2.86 bits per heavy atom. The summed E-state index contributed by atoms with van der Waals surface area (Å²) in [6, 6.07) is 8.62. The number of thiocarbonyl (C=S) groups is 1. The van der Waals surface area contributed by atoms with Crippen molar-refractivity contribution < 1.29 is 4.74 Å². The Balaban J connectivity index is 1.52. The van der Waals surface area contributed by atoms with Crippen LogP contribution >= 0.6 is 12.2 Å². The largest absolute Gasteiger partial charge is 0.497 e. The number of fused-ring (bicyclic) bond motifs is 4. The number of hydrogen-bond donors (Lipinski definition) is 3. The third-order valence-electron chi connectivity index (χ3n) is 8.83. The van der Waals surface area contributed by atoms with E-state index in [0.717, 1.165) is 49.0 Å². The molecule has 1 saturated carbocycles. The summed E-state index contributed by atoms with van der Waals surface area (Å²) in [5.74, 6) is 2.03. The highest BCUT2D eigenvalue weighted by Gasteiger charge is 2.51. The molecule has 4 aliphatic rings. The first kappa shape index (κ1) is 24.5. The molecule has 35 heavy (non-hydrogen) atoms. The van der Waals surface area contributed by atoms with E-state index in [4.69, 9.17) is 22.7 Å². The van der Waals surface area contributed by atoms with Gasteiger partial charge in [-0.3, -0.25) is 9.88 Å². The Hall–Kier alpha value is -2.22. The lowest BCUT2D eigenvalue weighted by molar-refractivity contribution is -0.0594. The van der Waals surface area contributed by atoms with Gasteiger partial charge in [-0.15, -0.1) is 6.58 Å². The lowest BCUT2D eigenvalue weighted by Crippen LogP contribution is -2.65. The Morgan fingerprint density at radius 2 is 2.14 bits per heavy atom. The van der Waals surface area contributed by atoms with Gasteiger partial charge in [0.15, 0.2) is 5.11 Å². The number of piperidine rings is 3. The number of aromatic nitrogens is 1. The van der Waals surface area contributed by atoms with Crippen molar-refractivity contribution in [2.24, 2.45) is 17.6 Å². The zero-order chi connectivity index (χ0) is 24.6. The second kappa shape index (κ2) is 10.0. The first-order valence-corrected chi connectivity index (χ1v) is 13.5. The summed E-state index contributed by atoms with van der Waals surface area (Å²) in [5.41, 5.74) is 8.51. The molecule has 3 unspecified atom stereocenters. The number of methoxy groups -OCH3 is 1. The van der Waals surface area contributed by atoms with Gasteiger partial charge in [-0.2, -0.15) is 0 Å². The fraction of sp³-hybridized carbons (Fsp3) is 0.571. The van der Waals surface area contributed by atoms with Gasteiger partial charge in [-0.25, -0.2) is 0 Å². The zero-order valence-electron chi connectivity index (χ0n) is 21.0. The standard InChI is InChI=1S/C28H39N5OS/c1-4-18-17-33-14-12-19(18)16-28(33,2)26(32-27(35)31-25-8-6-5-7-23(25)29)21-11-13-30-24-10-9-20(34-3)15-22(21)24/h4,9-11,13,15,18-19,23,25-26H,1,5-8,12,14,16-17,29H2,2-3H3,(H2,31,32,35)/t18?,19?,23-,25-,26-,28-/m1/s1. The minimum atomic E-state index is -0.0970. The molecule has 7 heteroatoms. The molecule has 0 spiro atoms. The van der Waals surface area contributed by atoms with Crippen LogP contribution in [0.2, 0.25) is 0 Å². The smallest absolute Gasteiger partial charge is 0.167 e. The van der Waals surface area contributed by atoms with E-state index in [-0.39, 0.29) is 23.7 Å². The highest BCUT2D eigenvalue weighted by molar-refractivity contribution is 7.80. The van der Waals surface area contributed by atoms with Gasteiger partial charge in [0, 0.05) is 35.8 Å². The van der Waals surface area contributed by atoms with Crippen LogP contribution in [0.1, 0.15) is 57.1 Å². The van der Waals surface area contributed by atoms with E-state index in [9.17, 15) is 0 Å². The van der Waals surface area contributed by atoms with E-state index in [0.29, 0.717) is 16.9 Å². The molecule has 6 nitrogen and oxygen atoms in total. The Bertz CT molecular complexity index is 1090. The normalized spacial score (nSPS) is 33.2. The lowest BCUT2D eigenvalue weighted by Gasteiger charge is -2.58. The summed E-state index contributed by atoms with van der Waals surface area (Å²) >= 11 is 5.93. The number of hydrogen-bond acceptors (Lipinski definition) is 5. The summed E-state index contributed by atoms with van der Waals surface area (Å²) in [5, 5.41) is 9.16. The summed E-state index contributed by atoms with van der Waals surface area (Å²) in [6.45, 7) is 8.67. The van der Waals surface area contributed by atoms with Crippen molar-refractivity contribution in [2.45, 2.75) is 69.1 Å². The van der Waals surface area contributed by atoms with Crippen LogP contribution in [0.15, 0.2) is 43.1 Å². The Morgan fingerprint density at radius 1 is 1.31 bits per heavy atom. The number of pyridine rings is 1. The SMILES string of the molecule is C=CC1CN2CCC1C[C@]2(C)[C@H](NC(=S)N[C@@H]1CCCC[C@H]1N)c1ccnc2ccc(OC)cc12. The first-order chi connectivity index (χ1) is 16.9. The first-order valence-electron chi connectivity index (χ1n) is 13.1. The summed E-state index contributed by atoms with van der Waals surface area (Å²) in [4.78, 5) is 7.30. The second-order valence-electron chi connectivity index (χ2n) is 10.8. The molecule has 2 aromatic rings. The van der Waals surface area contributed by atoms with E-state index >= 15 is 0 Å². The predicted octanol–water partition coefficient (Wildman–Crippen LogP) is 4.31. The van der Waals surface area contributed by atoms with Crippen LogP contribution in [0.25, 0.3) is 10.9 Å². The van der Waals surface area contributed by atoms with Gasteiger partial charge in [0.05, 0.1) is 18.7 Å². The number of nitrogens with one attached hydrogen (secondary N) is 2. The molecule has 1 aromatic carbocycles. The van der Waals surface area contributed by atoms with E-state index in [1.54, 1.807) is 7.11 Å². The number of nitrogens with two attached hydrogens (primary N) is 1. The summed E-state index contributed by atoms with van der Waals surface area (Å²) in [6.07, 6.45) is 10.9. The Kier molecular flexibility index (Phi) is 7.02. The van der Waals surface area contributed by atoms with Crippen molar-refractivity contribution in [3.63, 3.8) is 0 Å². The minimum Gasteiger partial charge on any atom is -0.497 e. The third-order valence-corrected chi connectivity index (χ3v) is 9.07. The molecule has 4 fully saturated rings. The van der Waals surface area contributed by atoms with Gasteiger partial charge in [0.1, 0.15) is 5.75 Å². The highest BCUT2D eigenvalue weighted by atomic mass is 32.1. The van der Waals surface area contributed by atoms with Crippen molar-refractivity contribution in [3.8, 4) is 5.75 Å². The quantitative estimate of drug-likeness (QED) is 0.409. The monoisotopic (exact) mass is 493 g/mol. The molecular formula is C28H39N5OS. The minimum absolute atomic E-state index is 0.00603. The maximum absolute atomic E-state index is 6.43. The van der Waals surface area contributed by atoms with Crippen molar-refractivity contribution in [2.75, 3.05) is 20.2 Å². The molecule has 4 N–H and O–H groups in total. The molecule has 2 bridgehead atoms. The number of ether oxygens (including phenoxy) is 1. The summed E-state index contributed by atoms with van der Waals surface area (Å²) in [7, 11) is 1.71. The van der Waals surface area contributed by atoms with E-state index in [2.05, 4.69) is 52.2 Å². The molecule has 7 atom stereocenters. The van der Waals surface area contributed by atoms with Gasteiger partial charge >= 0.3 is 0 Å². The molecule has 3 saturated heterocycles. The zero-order valence-corrected chi connectivity index (χ0v) is 21.8. The van der Waals surface area contributed by atoms with E-state index in [1.807, 2.05) is 18.3 Å². The maximum atomic E-state index is 6.43. The predicted molar refractivity (Wildman–Crippen MR) is 147 cm³/mol. The molecule has 1 aromatic heterocycles. The van der Waals surface area contributed by atoms with E-state index < -0.39 is 0 Å². The number of rotatable bonds is 6. The van der Waals surface area contributed by atoms with Crippen LogP contribution in [0, 0.1) is 11.8 Å². The molecule has 4 heterocycles. The molecule has 0 radical (unpaired) electrons. The van der Waals surface area contributed by atoms with Crippen molar-refractivity contribution >= 4 is 28.2 Å².